The van der Waals surface area contributed by atoms with Gasteiger partial charge in [0.2, 0.25) is 12.7 Å². The lowest BCUT2D eigenvalue weighted by Crippen LogP contribution is -2.13. The molecule has 9 nitrogen and oxygen atoms in total. The van der Waals surface area contributed by atoms with Crippen molar-refractivity contribution in [3.8, 4) is 23.0 Å². The monoisotopic (exact) mass is 394 g/mol. The van der Waals surface area contributed by atoms with Crippen LogP contribution in [0.2, 0.25) is 0 Å². The topological polar surface area (TPSA) is 104 Å². The number of methoxy groups -OCH3 is 2. The molecule has 1 aromatic heterocycles. The first-order valence-corrected chi connectivity index (χ1v) is 8.68. The van der Waals surface area contributed by atoms with E-state index in [-0.39, 0.29) is 12.7 Å². The minimum atomic E-state index is -0.341. The summed E-state index contributed by atoms with van der Waals surface area (Å²) in [6, 6.07) is 10.5. The van der Waals surface area contributed by atoms with E-state index in [1.807, 2.05) is 6.07 Å². The Hall–Kier alpha value is -4.01. The van der Waals surface area contributed by atoms with Crippen LogP contribution in [0, 0.1) is 0 Å². The van der Waals surface area contributed by atoms with Crippen molar-refractivity contribution < 1.29 is 23.7 Å². The quantitative estimate of drug-likeness (QED) is 0.657. The number of nitrogens with zero attached hydrogens (tertiary/aromatic N) is 2. The Morgan fingerprint density at radius 2 is 1.66 bits per heavy atom. The van der Waals surface area contributed by atoms with Gasteiger partial charge in [0.15, 0.2) is 23.0 Å². The van der Waals surface area contributed by atoms with Crippen LogP contribution in [-0.2, 0) is 0 Å². The molecule has 1 aliphatic rings. The third-order valence-corrected chi connectivity index (χ3v) is 4.18. The molecule has 1 amide bonds. The second-order valence-electron chi connectivity index (χ2n) is 6.01. The summed E-state index contributed by atoms with van der Waals surface area (Å²) in [4.78, 5) is 20.8. The summed E-state index contributed by atoms with van der Waals surface area (Å²) >= 11 is 0. The summed E-state index contributed by atoms with van der Waals surface area (Å²) in [7, 11) is 3.08. The van der Waals surface area contributed by atoms with E-state index < -0.39 is 0 Å². The Morgan fingerprint density at radius 3 is 2.41 bits per heavy atom. The van der Waals surface area contributed by atoms with Crippen LogP contribution < -0.4 is 29.6 Å². The molecule has 0 fully saturated rings. The van der Waals surface area contributed by atoms with Gasteiger partial charge >= 0.3 is 0 Å². The fourth-order valence-corrected chi connectivity index (χ4v) is 2.73. The van der Waals surface area contributed by atoms with Gasteiger partial charge in [-0.05, 0) is 24.3 Å². The minimum absolute atomic E-state index is 0.208. The van der Waals surface area contributed by atoms with Crippen molar-refractivity contribution >= 4 is 23.2 Å². The molecule has 0 saturated heterocycles. The molecule has 2 heterocycles. The number of carbonyl (C=O) groups excluding carboxylic acids is 1. The summed E-state index contributed by atoms with van der Waals surface area (Å²) in [5.41, 5.74) is 1.63. The molecule has 0 bridgehead atoms. The van der Waals surface area contributed by atoms with E-state index in [1.54, 1.807) is 37.4 Å². The van der Waals surface area contributed by atoms with Gasteiger partial charge in [-0.25, -0.2) is 9.97 Å². The molecule has 0 aliphatic carbocycles. The van der Waals surface area contributed by atoms with Gasteiger partial charge < -0.3 is 29.6 Å². The Balaban J connectivity index is 1.43. The highest BCUT2D eigenvalue weighted by Gasteiger charge is 2.14. The molecule has 0 atom stereocenters. The molecule has 148 valence electrons. The average Bonchev–Trinajstić information content (AvgIpc) is 3.22. The van der Waals surface area contributed by atoms with E-state index in [2.05, 4.69) is 20.6 Å². The Labute approximate surface area is 166 Å². The van der Waals surface area contributed by atoms with Gasteiger partial charge in [-0.1, -0.05) is 0 Å². The average molecular weight is 394 g/mol. The van der Waals surface area contributed by atoms with Crippen molar-refractivity contribution in [1.82, 2.24) is 9.97 Å². The number of carbonyl (C=O) groups is 1. The summed E-state index contributed by atoms with van der Waals surface area (Å²) in [6.07, 6.45) is 2.89. The third-order valence-electron chi connectivity index (χ3n) is 4.18. The number of ether oxygens (including phenoxy) is 4. The van der Waals surface area contributed by atoms with Gasteiger partial charge in [-0.3, -0.25) is 4.79 Å². The zero-order chi connectivity index (χ0) is 20.2. The number of nitrogens with one attached hydrogen (secondary N) is 2. The molecule has 0 spiro atoms. The van der Waals surface area contributed by atoms with Crippen molar-refractivity contribution in [3.05, 3.63) is 54.4 Å². The van der Waals surface area contributed by atoms with Crippen LogP contribution in [0.1, 0.15) is 10.4 Å². The predicted octanol–water partition coefficient (Wildman–Crippen LogP) is 3.22. The maximum Gasteiger partial charge on any atom is 0.258 e. The van der Waals surface area contributed by atoms with Crippen LogP contribution in [-0.4, -0.2) is 36.9 Å². The van der Waals surface area contributed by atoms with Crippen molar-refractivity contribution in [2.24, 2.45) is 0 Å². The molecule has 3 aromatic rings. The van der Waals surface area contributed by atoms with Gasteiger partial charge in [-0.2, -0.15) is 0 Å². The molecular formula is C20H18N4O5. The Kier molecular flexibility index (Phi) is 5.02. The highest BCUT2D eigenvalue weighted by Crippen LogP contribution is 2.34. The zero-order valence-electron chi connectivity index (χ0n) is 15.8. The second kappa shape index (κ2) is 7.93. The molecule has 4 rings (SSSR count). The molecular weight excluding hydrogens is 376 g/mol. The lowest BCUT2D eigenvalue weighted by molar-refractivity contribution is 0.102. The molecule has 0 radical (unpaired) electrons. The van der Waals surface area contributed by atoms with Crippen LogP contribution in [0.5, 0.6) is 23.0 Å². The van der Waals surface area contributed by atoms with E-state index in [1.165, 1.54) is 19.5 Å². The molecule has 9 heteroatoms. The van der Waals surface area contributed by atoms with Crippen LogP contribution in [0.15, 0.2) is 48.8 Å². The van der Waals surface area contributed by atoms with Crippen molar-refractivity contribution in [2.45, 2.75) is 0 Å². The number of aromatic nitrogens is 2. The van der Waals surface area contributed by atoms with Crippen LogP contribution in [0.3, 0.4) is 0 Å². The first-order valence-electron chi connectivity index (χ1n) is 8.68. The molecule has 1 aliphatic heterocycles. The maximum atomic E-state index is 12.5. The predicted molar refractivity (Wildman–Crippen MR) is 105 cm³/mol. The number of hydrogen-bond donors (Lipinski definition) is 2. The van der Waals surface area contributed by atoms with Crippen molar-refractivity contribution in [3.63, 3.8) is 0 Å². The first kappa shape index (κ1) is 18.4. The van der Waals surface area contributed by atoms with E-state index in [0.717, 1.165) is 5.69 Å². The molecule has 2 aromatic carbocycles. The zero-order valence-corrected chi connectivity index (χ0v) is 15.8. The number of rotatable bonds is 6. The smallest absolute Gasteiger partial charge is 0.258 e. The standard InChI is InChI=1S/C20H18N4O5/c1-26-15-5-3-13(7-17(15)27-2)23-19(25)12-9-21-20(22-10-12)24-14-4-6-16-18(8-14)29-11-28-16/h3-10H,11H2,1-2H3,(H,23,25)(H,21,22,24). The van der Waals surface area contributed by atoms with Crippen molar-refractivity contribution in [1.29, 1.82) is 0 Å². The highest BCUT2D eigenvalue weighted by molar-refractivity contribution is 6.04. The van der Waals surface area contributed by atoms with E-state index >= 15 is 0 Å². The number of amides is 1. The van der Waals surface area contributed by atoms with Gasteiger partial charge in [0.25, 0.3) is 5.91 Å². The van der Waals surface area contributed by atoms with E-state index in [4.69, 9.17) is 18.9 Å². The second-order valence-corrected chi connectivity index (χ2v) is 6.01. The van der Waals surface area contributed by atoms with Gasteiger partial charge in [-0.15, -0.1) is 0 Å². The molecule has 2 N–H and O–H groups in total. The number of anilines is 3. The number of fused-ring (bicyclic) bond motifs is 1. The minimum Gasteiger partial charge on any atom is -0.493 e. The van der Waals surface area contributed by atoms with E-state index in [9.17, 15) is 4.79 Å². The third kappa shape index (κ3) is 3.98. The first-order chi connectivity index (χ1) is 14.2. The summed E-state index contributed by atoms with van der Waals surface area (Å²) in [5.74, 6) is 2.45. The lowest BCUT2D eigenvalue weighted by atomic mass is 10.2. The number of benzene rings is 2. The van der Waals surface area contributed by atoms with Crippen LogP contribution >= 0.6 is 0 Å². The normalized spacial score (nSPS) is 11.7. The molecule has 0 unspecified atom stereocenters. The lowest BCUT2D eigenvalue weighted by Gasteiger charge is -2.10. The van der Waals surface area contributed by atoms with Crippen molar-refractivity contribution in [2.75, 3.05) is 31.6 Å². The maximum absolute atomic E-state index is 12.5. The highest BCUT2D eigenvalue weighted by atomic mass is 16.7. The fourth-order valence-electron chi connectivity index (χ4n) is 2.73. The van der Waals surface area contributed by atoms with E-state index in [0.29, 0.717) is 40.2 Å². The Bertz CT molecular complexity index is 1040. The summed E-state index contributed by atoms with van der Waals surface area (Å²) in [5, 5.41) is 5.83. The SMILES string of the molecule is COc1ccc(NC(=O)c2cnc(Nc3ccc4c(c3)OCO4)nc2)cc1OC. The van der Waals surface area contributed by atoms with Crippen LogP contribution in [0.25, 0.3) is 0 Å². The molecule has 0 saturated carbocycles. The fraction of sp³-hybridized carbons (Fsp3) is 0.150. The summed E-state index contributed by atoms with van der Waals surface area (Å²) < 4.78 is 21.0. The van der Waals surface area contributed by atoms with Gasteiger partial charge in [0.05, 0.1) is 19.8 Å². The van der Waals surface area contributed by atoms with Crippen LogP contribution in [0.4, 0.5) is 17.3 Å². The van der Waals surface area contributed by atoms with Gasteiger partial charge in [0, 0.05) is 35.9 Å². The molecule has 29 heavy (non-hydrogen) atoms. The number of hydrogen-bond acceptors (Lipinski definition) is 8. The summed E-state index contributed by atoms with van der Waals surface area (Å²) in [6.45, 7) is 0.208. The largest absolute Gasteiger partial charge is 0.493 e. The van der Waals surface area contributed by atoms with Gasteiger partial charge in [0.1, 0.15) is 0 Å². The Morgan fingerprint density at radius 1 is 0.931 bits per heavy atom.